The molecule has 1 heterocycles. The van der Waals surface area contributed by atoms with Gasteiger partial charge in [0, 0.05) is 0 Å². The average molecular weight is 317 g/mol. The molecule has 72 valence electrons. The van der Waals surface area contributed by atoms with E-state index in [0.717, 1.165) is 19.1 Å². The summed E-state index contributed by atoms with van der Waals surface area (Å²) in [5.41, 5.74) is 1.89. The fourth-order valence-electron chi connectivity index (χ4n) is 1.25. The van der Waals surface area contributed by atoms with Crippen LogP contribution in [-0.4, -0.2) is 10.1 Å². The van der Waals surface area contributed by atoms with E-state index in [1.54, 1.807) is 11.3 Å². The standard InChI is InChI=1S/C10H8INOS/c11-10-12-8(6-13)9(14-10)7-4-2-1-3-5-7/h1-5,13H,6H2. The van der Waals surface area contributed by atoms with Crippen LogP contribution in [-0.2, 0) is 6.61 Å². The number of thiazole rings is 1. The Balaban J connectivity index is 2.51. The average Bonchev–Trinajstić information content (AvgIpc) is 2.61. The molecule has 0 unspecified atom stereocenters. The van der Waals surface area contributed by atoms with Crippen LogP contribution in [0, 0.1) is 3.01 Å². The summed E-state index contributed by atoms with van der Waals surface area (Å²) in [5, 5.41) is 9.13. The number of rotatable bonds is 2. The fourth-order valence-corrected chi connectivity index (χ4v) is 3.00. The number of halogens is 1. The molecular weight excluding hydrogens is 309 g/mol. The molecule has 4 heteroatoms. The van der Waals surface area contributed by atoms with Gasteiger partial charge in [0.05, 0.1) is 17.2 Å². The van der Waals surface area contributed by atoms with E-state index in [4.69, 9.17) is 5.11 Å². The third-order valence-corrected chi connectivity index (χ3v) is 3.69. The molecule has 0 aliphatic rings. The van der Waals surface area contributed by atoms with Crippen molar-refractivity contribution in [1.82, 2.24) is 4.98 Å². The summed E-state index contributed by atoms with van der Waals surface area (Å²) in [5.74, 6) is 0. The predicted molar refractivity (Wildman–Crippen MR) is 66.2 cm³/mol. The molecule has 0 spiro atoms. The molecule has 1 N–H and O–H groups in total. The zero-order chi connectivity index (χ0) is 9.97. The summed E-state index contributed by atoms with van der Waals surface area (Å²) in [4.78, 5) is 5.33. The third kappa shape index (κ3) is 1.97. The SMILES string of the molecule is OCc1nc(I)sc1-c1ccccc1. The van der Waals surface area contributed by atoms with E-state index >= 15 is 0 Å². The lowest BCUT2D eigenvalue weighted by molar-refractivity contribution is 0.278. The van der Waals surface area contributed by atoms with Gasteiger partial charge in [0.15, 0.2) is 3.01 Å². The van der Waals surface area contributed by atoms with Crippen LogP contribution in [0.25, 0.3) is 10.4 Å². The molecule has 2 rings (SSSR count). The van der Waals surface area contributed by atoms with Gasteiger partial charge < -0.3 is 5.11 Å². The van der Waals surface area contributed by atoms with Crippen LogP contribution in [0.15, 0.2) is 30.3 Å². The van der Waals surface area contributed by atoms with Crippen LogP contribution in [0.5, 0.6) is 0 Å². The van der Waals surface area contributed by atoms with E-state index < -0.39 is 0 Å². The first-order valence-electron chi connectivity index (χ1n) is 4.12. The van der Waals surface area contributed by atoms with Gasteiger partial charge in [-0.05, 0) is 28.2 Å². The molecule has 0 saturated heterocycles. The lowest BCUT2D eigenvalue weighted by Crippen LogP contribution is -1.86. The second-order valence-corrected chi connectivity index (χ2v) is 5.52. The quantitative estimate of drug-likeness (QED) is 0.864. The van der Waals surface area contributed by atoms with Gasteiger partial charge in [-0.3, -0.25) is 0 Å². The Morgan fingerprint density at radius 3 is 2.64 bits per heavy atom. The minimum atomic E-state index is 0.00370. The van der Waals surface area contributed by atoms with Crippen molar-refractivity contribution >= 4 is 33.9 Å². The molecule has 2 aromatic rings. The predicted octanol–water partition coefficient (Wildman–Crippen LogP) is 2.91. The Hall–Kier alpha value is -0.460. The summed E-state index contributed by atoms with van der Waals surface area (Å²) in [7, 11) is 0. The van der Waals surface area contributed by atoms with Gasteiger partial charge in [-0.25, -0.2) is 4.98 Å². The van der Waals surface area contributed by atoms with Gasteiger partial charge in [-0.15, -0.1) is 11.3 Å². The Labute approximate surface area is 99.8 Å². The second-order valence-electron chi connectivity index (χ2n) is 2.77. The van der Waals surface area contributed by atoms with E-state index in [2.05, 4.69) is 27.6 Å². The number of aromatic nitrogens is 1. The highest BCUT2D eigenvalue weighted by Gasteiger charge is 2.09. The van der Waals surface area contributed by atoms with Crippen molar-refractivity contribution in [1.29, 1.82) is 0 Å². The maximum atomic E-state index is 9.13. The molecule has 0 bridgehead atoms. The second kappa shape index (κ2) is 4.37. The number of benzene rings is 1. The van der Waals surface area contributed by atoms with Crippen LogP contribution in [0.4, 0.5) is 0 Å². The van der Waals surface area contributed by atoms with Crippen molar-refractivity contribution in [2.45, 2.75) is 6.61 Å². The van der Waals surface area contributed by atoms with Crippen molar-refractivity contribution in [3.63, 3.8) is 0 Å². The Morgan fingerprint density at radius 2 is 2.00 bits per heavy atom. The maximum Gasteiger partial charge on any atom is 0.154 e. The normalized spacial score (nSPS) is 10.4. The van der Waals surface area contributed by atoms with Crippen molar-refractivity contribution in [3.8, 4) is 10.4 Å². The topological polar surface area (TPSA) is 33.1 Å². The highest BCUT2D eigenvalue weighted by molar-refractivity contribution is 14.1. The molecule has 0 aliphatic heterocycles. The zero-order valence-electron chi connectivity index (χ0n) is 7.27. The minimum absolute atomic E-state index is 0.00370. The van der Waals surface area contributed by atoms with Gasteiger partial charge in [-0.1, -0.05) is 30.3 Å². The highest BCUT2D eigenvalue weighted by atomic mass is 127. The third-order valence-electron chi connectivity index (χ3n) is 1.86. The molecular formula is C10H8INOS. The van der Waals surface area contributed by atoms with Crippen molar-refractivity contribution in [3.05, 3.63) is 39.0 Å². The molecule has 0 saturated carbocycles. The Bertz CT molecular complexity index is 427. The number of aliphatic hydroxyl groups is 1. The molecule has 2 nitrogen and oxygen atoms in total. The summed E-state index contributed by atoms with van der Waals surface area (Å²) in [6.45, 7) is 0.00370. The lowest BCUT2D eigenvalue weighted by Gasteiger charge is -1.98. The Morgan fingerprint density at radius 1 is 1.29 bits per heavy atom. The fraction of sp³-hybridized carbons (Fsp3) is 0.100. The molecule has 0 atom stereocenters. The summed E-state index contributed by atoms with van der Waals surface area (Å²) >= 11 is 3.78. The van der Waals surface area contributed by atoms with E-state index in [0.29, 0.717) is 0 Å². The van der Waals surface area contributed by atoms with E-state index in [-0.39, 0.29) is 6.61 Å². The molecule has 0 radical (unpaired) electrons. The van der Waals surface area contributed by atoms with Crippen LogP contribution >= 0.6 is 33.9 Å². The maximum absolute atomic E-state index is 9.13. The molecule has 0 amide bonds. The van der Waals surface area contributed by atoms with Crippen LogP contribution in [0.3, 0.4) is 0 Å². The Kier molecular flexibility index (Phi) is 3.15. The number of aliphatic hydroxyl groups excluding tert-OH is 1. The first-order valence-corrected chi connectivity index (χ1v) is 6.02. The zero-order valence-corrected chi connectivity index (χ0v) is 10.2. The summed E-state index contributed by atoms with van der Waals surface area (Å²) in [6, 6.07) is 10.0. The van der Waals surface area contributed by atoms with Gasteiger partial charge in [0.25, 0.3) is 0 Å². The van der Waals surface area contributed by atoms with Crippen molar-refractivity contribution < 1.29 is 5.11 Å². The van der Waals surface area contributed by atoms with Crippen LogP contribution in [0.2, 0.25) is 0 Å². The van der Waals surface area contributed by atoms with Gasteiger partial charge in [0.1, 0.15) is 0 Å². The highest BCUT2D eigenvalue weighted by Crippen LogP contribution is 2.30. The van der Waals surface area contributed by atoms with E-state index in [9.17, 15) is 0 Å². The molecule has 1 aromatic heterocycles. The van der Waals surface area contributed by atoms with E-state index in [1.165, 1.54) is 0 Å². The smallest absolute Gasteiger partial charge is 0.154 e. The molecule has 0 aliphatic carbocycles. The minimum Gasteiger partial charge on any atom is -0.390 e. The van der Waals surface area contributed by atoms with Gasteiger partial charge >= 0.3 is 0 Å². The summed E-state index contributed by atoms with van der Waals surface area (Å²) < 4.78 is 0.963. The lowest BCUT2D eigenvalue weighted by atomic mass is 10.2. The van der Waals surface area contributed by atoms with E-state index in [1.807, 2.05) is 30.3 Å². The first-order chi connectivity index (χ1) is 6.81. The molecule has 1 aromatic carbocycles. The number of hydrogen-bond donors (Lipinski definition) is 1. The van der Waals surface area contributed by atoms with Gasteiger partial charge in [0.2, 0.25) is 0 Å². The molecule has 0 fully saturated rings. The first kappa shape index (κ1) is 10.1. The number of nitrogens with zero attached hydrogens (tertiary/aromatic N) is 1. The molecule has 14 heavy (non-hydrogen) atoms. The van der Waals surface area contributed by atoms with Crippen molar-refractivity contribution in [2.24, 2.45) is 0 Å². The van der Waals surface area contributed by atoms with Crippen LogP contribution < -0.4 is 0 Å². The van der Waals surface area contributed by atoms with Gasteiger partial charge in [-0.2, -0.15) is 0 Å². The van der Waals surface area contributed by atoms with Crippen molar-refractivity contribution in [2.75, 3.05) is 0 Å². The largest absolute Gasteiger partial charge is 0.390 e. The summed E-state index contributed by atoms with van der Waals surface area (Å²) in [6.07, 6.45) is 0. The number of hydrogen-bond acceptors (Lipinski definition) is 3. The van der Waals surface area contributed by atoms with Crippen LogP contribution in [0.1, 0.15) is 5.69 Å². The monoisotopic (exact) mass is 317 g/mol.